The van der Waals surface area contributed by atoms with Gasteiger partial charge in [-0.3, -0.25) is 9.69 Å². The highest BCUT2D eigenvalue weighted by molar-refractivity contribution is 8.18. The third kappa shape index (κ3) is 5.97. The lowest BCUT2D eigenvalue weighted by Crippen LogP contribution is -2.40. The molecule has 1 saturated heterocycles. The maximum atomic E-state index is 13.5. The zero-order valence-electron chi connectivity index (χ0n) is 19.4. The lowest BCUT2D eigenvalue weighted by atomic mass is 9.94. The predicted molar refractivity (Wildman–Crippen MR) is 145 cm³/mol. The molecule has 0 atom stereocenters. The average molecular weight is 524 g/mol. The second kappa shape index (κ2) is 11.0. The SMILES string of the molecule is Cc1csc(/N=C2/S/C(=C\c3cccc(OCc4ccc(Cl)cc4)c3)C(=O)N2C2CCCCC2)n1. The summed E-state index contributed by atoms with van der Waals surface area (Å²) in [5, 5.41) is 4.12. The lowest BCUT2D eigenvalue weighted by Gasteiger charge is -2.30. The van der Waals surface area contributed by atoms with Gasteiger partial charge in [0.1, 0.15) is 12.4 Å². The number of aryl methyl sites for hydroxylation is 1. The average Bonchev–Trinajstić information content (AvgIpc) is 3.41. The van der Waals surface area contributed by atoms with Gasteiger partial charge in [-0.25, -0.2) is 4.98 Å². The molecule has 2 fully saturated rings. The Labute approximate surface area is 218 Å². The molecule has 0 radical (unpaired) electrons. The van der Waals surface area contributed by atoms with Crippen LogP contribution >= 0.6 is 34.7 Å². The van der Waals surface area contributed by atoms with Gasteiger partial charge < -0.3 is 4.74 Å². The molecule has 0 bridgehead atoms. The van der Waals surface area contributed by atoms with Crippen LogP contribution in [0.1, 0.15) is 48.9 Å². The van der Waals surface area contributed by atoms with Crippen molar-refractivity contribution < 1.29 is 9.53 Å². The van der Waals surface area contributed by atoms with Crippen LogP contribution in [0.3, 0.4) is 0 Å². The van der Waals surface area contributed by atoms with Gasteiger partial charge >= 0.3 is 0 Å². The van der Waals surface area contributed by atoms with Crippen LogP contribution in [-0.2, 0) is 11.4 Å². The van der Waals surface area contributed by atoms with Crippen LogP contribution in [0.4, 0.5) is 5.13 Å². The molecule has 1 amide bonds. The minimum absolute atomic E-state index is 0.0291. The predicted octanol–water partition coefficient (Wildman–Crippen LogP) is 7.62. The molecular weight excluding hydrogens is 498 g/mol. The number of nitrogens with zero attached hydrogens (tertiary/aromatic N) is 3. The maximum Gasteiger partial charge on any atom is 0.267 e. The molecule has 1 aromatic heterocycles. The number of hydrogen-bond donors (Lipinski definition) is 0. The van der Waals surface area contributed by atoms with Gasteiger partial charge in [-0.2, -0.15) is 4.99 Å². The van der Waals surface area contributed by atoms with E-state index < -0.39 is 0 Å². The first kappa shape index (κ1) is 24.1. The van der Waals surface area contributed by atoms with Crippen molar-refractivity contribution in [1.29, 1.82) is 0 Å². The summed E-state index contributed by atoms with van der Waals surface area (Å²) in [4.78, 5) is 25.4. The Hall–Kier alpha value is -2.61. The van der Waals surface area contributed by atoms with Gasteiger partial charge in [0, 0.05) is 16.4 Å². The molecular formula is C27H26ClN3O2S2. The van der Waals surface area contributed by atoms with Crippen LogP contribution in [-0.4, -0.2) is 27.0 Å². The van der Waals surface area contributed by atoms with Crippen molar-refractivity contribution in [2.24, 2.45) is 4.99 Å². The van der Waals surface area contributed by atoms with Gasteiger partial charge in [0.15, 0.2) is 5.17 Å². The van der Waals surface area contributed by atoms with Crippen LogP contribution < -0.4 is 4.74 Å². The topological polar surface area (TPSA) is 54.8 Å². The summed E-state index contributed by atoms with van der Waals surface area (Å²) < 4.78 is 5.98. The number of ether oxygens (including phenoxy) is 1. The summed E-state index contributed by atoms with van der Waals surface area (Å²) in [6.45, 7) is 2.41. The quantitative estimate of drug-likeness (QED) is 0.312. The number of carbonyl (C=O) groups excluding carboxylic acids is 1. The van der Waals surface area contributed by atoms with Crippen molar-refractivity contribution in [2.45, 2.75) is 51.7 Å². The van der Waals surface area contributed by atoms with Gasteiger partial charge in [0.05, 0.1) is 10.6 Å². The Morgan fingerprint density at radius 3 is 2.71 bits per heavy atom. The number of halogens is 1. The van der Waals surface area contributed by atoms with Crippen molar-refractivity contribution in [3.63, 3.8) is 0 Å². The zero-order valence-corrected chi connectivity index (χ0v) is 21.8. The molecule has 0 N–H and O–H groups in total. The molecule has 180 valence electrons. The van der Waals surface area contributed by atoms with Gasteiger partial charge in [-0.15, -0.1) is 11.3 Å². The summed E-state index contributed by atoms with van der Waals surface area (Å²) in [6.07, 6.45) is 7.50. The maximum absolute atomic E-state index is 13.5. The van der Waals surface area contributed by atoms with E-state index in [2.05, 4.69) is 4.98 Å². The number of thiazole rings is 1. The third-order valence-corrected chi connectivity index (χ3v) is 8.14. The molecule has 3 aromatic rings. The van der Waals surface area contributed by atoms with Crippen molar-refractivity contribution in [3.8, 4) is 5.75 Å². The third-order valence-electron chi connectivity index (χ3n) is 6.05. The van der Waals surface area contributed by atoms with Crippen molar-refractivity contribution in [2.75, 3.05) is 0 Å². The first-order valence-electron chi connectivity index (χ1n) is 11.8. The normalized spacial score (nSPS) is 19.1. The highest BCUT2D eigenvalue weighted by Crippen LogP contribution is 2.39. The smallest absolute Gasteiger partial charge is 0.267 e. The second-order valence-corrected chi connectivity index (χ2v) is 11.0. The Bertz CT molecular complexity index is 1260. The fourth-order valence-corrected chi connectivity index (χ4v) is 6.18. The molecule has 5 rings (SSSR count). The van der Waals surface area contributed by atoms with Crippen molar-refractivity contribution in [1.82, 2.24) is 9.88 Å². The molecule has 2 heterocycles. The number of amidine groups is 1. The number of carbonyl (C=O) groups is 1. The molecule has 35 heavy (non-hydrogen) atoms. The van der Waals surface area contributed by atoms with E-state index in [0.717, 1.165) is 53.4 Å². The molecule has 1 saturated carbocycles. The van der Waals surface area contributed by atoms with Crippen molar-refractivity contribution >= 4 is 57.0 Å². The van der Waals surface area contributed by atoms with Gasteiger partial charge in [-0.1, -0.05) is 55.1 Å². The van der Waals surface area contributed by atoms with Crippen LogP contribution in [0.15, 0.2) is 63.8 Å². The van der Waals surface area contributed by atoms with Crippen LogP contribution in [0, 0.1) is 6.92 Å². The zero-order chi connectivity index (χ0) is 24.2. The number of aromatic nitrogens is 1. The highest BCUT2D eigenvalue weighted by Gasteiger charge is 2.38. The molecule has 1 aliphatic heterocycles. The number of amides is 1. The van der Waals surface area contributed by atoms with Crippen LogP contribution in [0.2, 0.25) is 5.02 Å². The Morgan fingerprint density at radius 2 is 1.97 bits per heavy atom. The molecule has 2 aliphatic rings. The van der Waals surface area contributed by atoms with E-state index in [0.29, 0.717) is 21.7 Å². The van der Waals surface area contributed by atoms with E-state index in [4.69, 9.17) is 21.3 Å². The first-order chi connectivity index (χ1) is 17.0. The molecule has 1 aliphatic carbocycles. The Kier molecular flexibility index (Phi) is 7.56. The molecule has 2 aromatic carbocycles. The largest absolute Gasteiger partial charge is 0.489 e. The Balaban J connectivity index is 1.37. The lowest BCUT2D eigenvalue weighted by molar-refractivity contribution is -0.124. The minimum atomic E-state index is 0.0291. The van der Waals surface area contributed by atoms with E-state index in [1.54, 1.807) is 0 Å². The second-order valence-electron chi connectivity index (χ2n) is 8.73. The van der Waals surface area contributed by atoms with E-state index in [9.17, 15) is 4.79 Å². The number of rotatable bonds is 6. The van der Waals surface area contributed by atoms with E-state index in [1.165, 1.54) is 29.5 Å². The molecule has 8 heteroatoms. The number of aliphatic imine (C=N–C) groups is 1. The summed E-state index contributed by atoms with van der Waals surface area (Å²) >= 11 is 8.91. The summed E-state index contributed by atoms with van der Waals surface area (Å²) in [7, 11) is 0. The molecule has 5 nitrogen and oxygen atoms in total. The number of benzene rings is 2. The fraction of sp³-hybridized carbons (Fsp3) is 0.296. The van der Waals surface area contributed by atoms with E-state index in [1.807, 2.05) is 71.8 Å². The minimum Gasteiger partial charge on any atom is -0.489 e. The van der Waals surface area contributed by atoms with Crippen molar-refractivity contribution in [3.05, 3.63) is 80.7 Å². The van der Waals surface area contributed by atoms with Gasteiger partial charge in [0.2, 0.25) is 5.13 Å². The van der Waals surface area contributed by atoms with Crippen LogP contribution in [0.5, 0.6) is 5.75 Å². The fourth-order valence-electron chi connectivity index (χ4n) is 4.29. The van der Waals surface area contributed by atoms with E-state index in [-0.39, 0.29) is 11.9 Å². The highest BCUT2D eigenvalue weighted by atomic mass is 35.5. The summed E-state index contributed by atoms with van der Waals surface area (Å²) in [5.41, 5.74) is 2.91. The number of thioether (sulfide) groups is 1. The van der Waals surface area contributed by atoms with Gasteiger partial charge in [-0.05, 0) is 73.0 Å². The van der Waals surface area contributed by atoms with Crippen LogP contribution in [0.25, 0.3) is 6.08 Å². The monoisotopic (exact) mass is 523 g/mol. The standard InChI is InChI=1S/C27H26ClN3O2S2/c1-18-17-34-26(29-18)30-27-31(22-7-3-2-4-8-22)25(32)24(35-27)15-20-6-5-9-23(14-20)33-16-19-10-12-21(28)13-11-19/h5-6,9-15,17,22H,2-4,7-8,16H2,1H3/b24-15-,30-27+. The first-order valence-corrected chi connectivity index (χ1v) is 13.8. The van der Waals surface area contributed by atoms with Gasteiger partial charge in [0.25, 0.3) is 5.91 Å². The van der Waals surface area contributed by atoms with E-state index >= 15 is 0 Å². The molecule has 0 unspecified atom stereocenters. The summed E-state index contributed by atoms with van der Waals surface area (Å²) in [6, 6.07) is 15.6. The number of hydrogen-bond acceptors (Lipinski definition) is 6. The molecule has 0 spiro atoms. The Morgan fingerprint density at radius 1 is 1.17 bits per heavy atom. The summed E-state index contributed by atoms with van der Waals surface area (Å²) in [5.74, 6) is 0.780.